The summed E-state index contributed by atoms with van der Waals surface area (Å²) in [7, 11) is 0. The topological polar surface area (TPSA) is 20.2 Å². The van der Waals surface area contributed by atoms with Crippen molar-refractivity contribution in [3.8, 4) is 0 Å². The van der Waals surface area contributed by atoms with Crippen molar-refractivity contribution in [2.45, 2.75) is 39.7 Å². The van der Waals surface area contributed by atoms with E-state index in [0.717, 1.165) is 12.8 Å². The Kier molecular flexibility index (Phi) is 4.15. The van der Waals surface area contributed by atoms with Crippen LogP contribution in [0.15, 0.2) is 24.3 Å². The molecule has 0 saturated carbocycles. The standard InChI is InChI=1S/C13H20O/c1-4-13(11(3)14)9-12-7-5-10(2)6-8-12/h5-8,11,13-14H,4,9H2,1-3H3. The summed E-state index contributed by atoms with van der Waals surface area (Å²) in [5, 5.41) is 9.53. The minimum absolute atomic E-state index is 0.207. The molecule has 2 atom stereocenters. The molecule has 2 unspecified atom stereocenters. The fraction of sp³-hybridized carbons (Fsp3) is 0.538. The highest BCUT2D eigenvalue weighted by atomic mass is 16.3. The van der Waals surface area contributed by atoms with Crippen LogP contribution in [-0.4, -0.2) is 11.2 Å². The molecule has 1 heteroatoms. The van der Waals surface area contributed by atoms with E-state index in [-0.39, 0.29) is 6.10 Å². The van der Waals surface area contributed by atoms with Gasteiger partial charge >= 0.3 is 0 Å². The lowest BCUT2D eigenvalue weighted by Crippen LogP contribution is -2.18. The zero-order chi connectivity index (χ0) is 10.6. The Bertz CT molecular complexity index is 261. The Balaban J connectivity index is 2.63. The number of aliphatic hydroxyl groups is 1. The third kappa shape index (κ3) is 3.15. The van der Waals surface area contributed by atoms with E-state index in [2.05, 4.69) is 38.1 Å². The number of rotatable bonds is 4. The van der Waals surface area contributed by atoms with Gasteiger partial charge in [0.1, 0.15) is 0 Å². The predicted molar refractivity (Wildman–Crippen MR) is 60.3 cm³/mol. The van der Waals surface area contributed by atoms with E-state index in [9.17, 15) is 5.11 Å². The monoisotopic (exact) mass is 192 g/mol. The predicted octanol–water partition coefficient (Wildman–Crippen LogP) is 2.94. The first-order chi connectivity index (χ1) is 6.63. The van der Waals surface area contributed by atoms with E-state index in [0.29, 0.717) is 5.92 Å². The van der Waals surface area contributed by atoms with Gasteiger partial charge in [0.05, 0.1) is 6.10 Å². The van der Waals surface area contributed by atoms with Gasteiger partial charge in [0.25, 0.3) is 0 Å². The summed E-state index contributed by atoms with van der Waals surface area (Å²) in [5.74, 6) is 0.387. The van der Waals surface area contributed by atoms with Crippen LogP contribution in [0.25, 0.3) is 0 Å². The fourth-order valence-electron chi connectivity index (χ4n) is 1.68. The molecule has 1 N–H and O–H groups in total. The third-order valence-electron chi connectivity index (χ3n) is 2.83. The fourth-order valence-corrected chi connectivity index (χ4v) is 1.68. The van der Waals surface area contributed by atoms with Crippen molar-refractivity contribution < 1.29 is 5.11 Å². The van der Waals surface area contributed by atoms with Crippen LogP contribution in [0.5, 0.6) is 0 Å². The SMILES string of the molecule is CCC(Cc1ccc(C)cc1)C(C)O. The molecule has 1 aromatic rings. The summed E-state index contributed by atoms with van der Waals surface area (Å²) in [6, 6.07) is 8.56. The second-order valence-electron chi connectivity index (χ2n) is 4.10. The van der Waals surface area contributed by atoms with Crippen molar-refractivity contribution in [1.82, 2.24) is 0 Å². The first-order valence-corrected chi connectivity index (χ1v) is 5.37. The molecule has 0 saturated heterocycles. The van der Waals surface area contributed by atoms with Crippen LogP contribution in [0.2, 0.25) is 0 Å². The molecule has 1 aromatic carbocycles. The highest BCUT2D eigenvalue weighted by Crippen LogP contribution is 2.16. The molecule has 0 aromatic heterocycles. The van der Waals surface area contributed by atoms with Gasteiger partial charge < -0.3 is 5.11 Å². The molecule has 1 rings (SSSR count). The molecule has 0 spiro atoms. The zero-order valence-electron chi connectivity index (χ0n) is 9.33. The van der Waals surface area contributed by atoms with Gasteiger partial charge in [-0.3, -0.25) is 0 Å². The lowest BCUT2D eigenvalue weighted by atomic mass is 9.92. The number of benzene rings is 1. The van der Waals surface area contributed by atoms with Crippen LogP contribution in [0.1, 0.15) is 31.4 Å². The van der Waals surface area contributed by atoms with Crippen molar-refractivity contribution in [1.29, 1.82) is 0 Å². The normalized spacial score (nSPS) is 15.1. The summed E-state index contributed by atoms with van der Waals surface area (Å²) < 4.78 is 0. The van der Waals surface area contributed by atoms with Crippen LogP contribution in [0.3, 0.4) is 0 Å². The lowest BCUT2D eigenvalue weighted by Gasteiger charge is -2.17. The second-order valence-corrected chi connectivity index (χ2v) is 4.10. The molecule has 0 aliphatic carbocycles. The van der Waals surface area contributed by atoms with E-state index in [4.69, 9.17) is 0 Å². The van der Waals surface area contributed by atoms with Crippen molar-refractivity contribution in [3.63, 3.8) is 0 Å². The quantitative estimate of drug-likeness (QED) is 0.777. The average Bonchev–Trinajstić information content (AvgIpc) is 2.16. The van der Waals surface area contributed by atoms with Crippen LogP contribution < -0.4 is 0 Å². The van der Waals surface area contributed by atoms with Crippen LogP contribution in [0.4, 0.5) is 0 Å². The van der Waals surface area contributed by atoms with Gasteiger partial charge in [-0.15, -0.1) is 0 Å². The van der Waals surface area contributed by atoms with Gasteiger partial charge in [-0.25, -0.2) is 0 Å². The molecular formula is C13H20O. The zero-order valence-corrected chi connectivity index (χ0v) is 9.33. The Hall–Kier alpha value is -0.820. The summed E-state index contributed by atoms with van der Waals surface area (Å²) in [5.41, 5.74) is 2.61. The van der Waals surface area contributed by atoms with E-state index in [1.165, 1.54) is 11.1 Å². The molecule has 0 radical (unpaired) electrons. The molecule has 1 nitrogen and oxygen atoms in total. The Labute approximate surface area is 86.8 Å². The maximum Gasteiger partial charge on any atom is 0.0543 e. The summed E-state index contributed by atoms with van der Waals surface area (Å²) >= 11 is 0. The number of hydrogen-bond acceptors (Lipinski definition) is 1. The molecule has 0 aliphatic rings. The summed E-state index contributed by atoms with van der Waals surface area (Å²) in [4.78, 5) is 0. The number of hydrogen-bond donors (Lipinski definition) is 1. The molecule has 0 heterocycles. The van der Waals surface area contributed by atoms with Gasteiger partial charge in [-0.1, -0.05) is 43.2 Å². The van der Waals surface area contributed by atoms with E-state index in [1.807, 2.05) is 6.92 Å². The largest absolute Gasteiger partial charge is 0.393 e. The van der Waals surface area contributed by atoms with Crippen LogP contribution >= 0.6 is 0 Å². The lowest BCUT2D eigenvalue weighted by molar-refractivity contribution is 0.123. The van der Waals surface area contributed by atoms with Crippen molar-refractivity contribution >= 4 is 0 Å². The first kappa shape index (κ1) is 11.3. The maximum absolute atomic E-state index is 9.53. The van der Waals surface area contributed by atoms with E-state index >= 15 is 0 Å². The minimum Gasteiger partial charge on any atom is -0.393 e. The Morgan fingerprint density at radius 2 is 1.79 bits per heavy atom. The van der Waals surface area contributed by atoms with Gasteiger partial charge in [0.15, 0.2) is 0 Å². The highest BCUT2D eigenvalue weighted by Gasteiger charge is 2.12. The number of aryl methyl sites for hydroxylation is 1. The average molecular weight is 192 g/mol. The Morgan fingerprint density at radius 1 is 1.21 bits per heavy atom. The maximum atomic E-state index is 9.53. The minimum atomic E-state index is -0.207. The van der Waals surface area contributed by atoms with Crippen LogP contribution in [0, 0.1) is 12.8 Å². The highest BCUT2D eigenvalue weighted by molar-refractivity contribution is 5.21. The number of aliphatic hydroxyl groups excluding tert-OH is 1. The van der Waals surface area contributed by atoms with Gasteiger partial charge in [-0.2, -0.15) is 0 Å². The molecule has 0 aliphatic heterocycles. The molecule has 0 amide bonds. The summed E-state index contributed by atoms with van der Waals surface area (Å²) in [6.07, 6.45) is 1.81. The Morgan fingerprint density at radius 3 is 2.21 bits per heavy atom. The van der Waals surface area contributed by atoms with Gasteiger partial charge in [0, 0.05) is 0 Å². The molecule has 78 valence electrons. The van der Waals surface area contributed by atoms with Crippen molar-refractivity contribution in [2.75, 3.05) is 0 Å². The van der Waals surface area contributed by atoms with Gasteiger partial charge in [-0.05, 0) is 31.7 Å². The van der Waals surface area contributed by atoms with E-state index in [1.54, 1.807) is 0 Å². The van der Waals surface area contributed by atoms with E-state index < -0.39 is 0 Å². The third-order valence-corrected chi connectivity index (χ3v) is 2.83. The molecule has 0 fully saturated rings. The molecule has 0 bridgehead atoms. The van der Waals surface area contributed by atoms with Crippen LogP contribution in [-0.2, 0) is 6.42 Å². The second kappa shape index (κ2) is 5.16. The summed E-state index contributed by atoms with van der Waals surface area (Å²) in [6.45, 7) is 6.10. The first-order valence-electron chi connectivity index (χ1n) is 5.37. The van der Waals surface area contributed by atoms with Crippen molar-refractivity contribution in [3.05, 3.63) is 35.4 Å². The molecular weight excluding hydrogens is 172 g/mol. The molecule has 14 heavy (non-hydrogen) atoms. The van der Waals surface area contributed by atoms with Crippen molar-refractivity contribution in [2.24, 2.45) is 5.92 Å². The smallest absolute Gasteiger partial charge is 0.0543 e. The van der Waals surface area contributed by atoms with Gasteiger partial charge in [0.2, 0.25) is 0 Å².